The molecule has 2 aromatic rings. The molecule has 2 aliphatic rings. The van der Waals surface area contributed by atoms with E-state index >= 15 is 0 Å². The summed E-state index contributed by atoms with van der Waals surface area (Å²) in [5, 5.41) is 13.1. The Balaban J connectivity index is 1.97. The van der Waals surface area contributed by atoms with Crippen molar-refractivity contribution in [3.63, 3.8) is 0 Å². The second kappa shape index (κ2) is 6.28. The van der Waals surface area contributed by atoms with Crippen molar-refractivity contribution in [1.29, 1.82) is 0 Å². The molecule has 5 nitrogen and oxygen atoms in total. The van der Waals surface area contributed by atoms with Crippen molar-refractivity contribution in [1.82, 2.24) is 5.32 Å². The van der Waals surface area contributed by atoms with Crippen LogP contribution in [0.5, 0.6) is 5.75 Å². The summed E-state index contributed by atoms with van der Waals surface area (Å²) in [6.45, 7) is 1.77. The first kappa shape index (κ1) is 17.4. The molecule has 2 N–H and O–H groups in total. The van der Waals surface area contributed by atoms with Gasteiger partial charge in [0, 0.05) is 28.3 Å². The lowest BCUT2D eigenvalue weighted by Crippen LogP contribution is -2.29. The van der Waals surface area contributed by atoms with Gasteiger partial charge in [0.1, 0.15) is 5.75 Å². The van der Waals surface area contributed by atoms with Gasteiger partial charge in [0.2, 0.25) is 0 Å². The van der Waals surface area contributed by atoms with E-state index in [0.29, 0.717) is 33.7 Å². The van der Waals surface area contributed by atoms with Crippen molar-refractivity contribution in [2.75, 3.05) is 7.11 Å². The second-order valence-corrected chi connectivity index (χ2v) is 6.87. The number of dihydropyridines is 1. The van der Waals surface area contributed by atoms with E-state index in [1.54, 1.807) is 25.1 Å². The zero-order valence-corrected chi connectivity index (χ0v) is 15.4. The van der Waals surface area contributed by atoms with E-state index in [1.165, 1.54) is 13.2 Å². The summed E-state index contributed by atoms with van der Waals surface area (Å²) in [7, 11) is 1.30. The standard InChI is InChI=1S/C21H16ClNO4/c1-10-16(21(26)27-2)17(11-7-8-15(24)14(22)9-11)18-19(23-10)12-5-3-4-6-13(12)20(18)25/h3-9,17,23-24H,1-2H3/t17-/m0/s1. The number of aromatic hydroxyl groups is 1. The molecule has 0 saturated heterocycles. The van der Waals surface area contributed by atoms with E-state index in [9.17, 15) is 14.7 Å². The van der Waals surface area contributed by atoms with E-state index in [1.807, 2.05) is 18.2 Å². The number of hydrogen-bond acceptors (Lipinski definition) is 5. The molecular weight excluding hydrogens is 366 g/mol. The van der Waals surface area contributed by atoms with Gasteiger partial charge in [0.15, 0.2) is 5.78 Å². The summed E-state index contributed by atoms with van der Waals surface area (Å²) >= 11 is 6.10. The molecule has 2 aromatic carbocycles. The molecule has 1 aliphatic carbocycles. The average Bonchev–Trinajstić information content (AvgIpc) is 2.95. The molecule has 27 heavy (non-hydrogen) atoms. The van der Waals surface area contributed by atoms with Gasteiger partial charge in [-0.1, -0.05) is 41.9 Å². The van der Waals surface area contributed by atoms with E-state index in [-0.39, 0.29) is 16.6 Å². The number of allylic oxidation sites excluding steroid dienone is 2. The van der Waals surface area contributed by atoms with Gasteiger partial charge in [-0.3, -0.25) is 4.79 Å². The van der Waals surface area contributed by atoms with Gasteiger partial charge in [0.05, 0.1) is 23.4 Å². The van der Waals surface area contributed by atoms with Crippen molar-refractivity contribution in [3.05, 3.63) is 81.0 Å². The Labute approximate surface area is 160 Å². The van der Waals surface area contributed by atoms with Crippen LogP contribution in [0.1, 0.15) is 34.3 Å². The van der Waals surface area contributed by atoms with E-state index in [0.717, 1.165) is 5.56 Å². The number of hydrogen-bond donors (Lipinski definition) is 2. The molecule has 0 unspecified atom stereocenters. The molecule has 0 saturated carbocycles. The number of nitrogens with one attached hydrogen (secondary N) is 1. The zero-order chi connectivity index (χ0) is 19.3. The fourth-order valence-electron chi connectivity index (χ4n) is 3.75. The molecule has 6 heteroatoms. The molecule has 0 amide bonds. The van der Waals surface area contributed by atoms with E-state index in [2.05, 4.69) is 5.32 Å². The molecule has 0 aromatic heterocycles. The number of fused-ring (bicyclic) bond motifs is 2. The number of esters is 1. The number of Topliss-reactive ketones (excluding diaryl/α,β-unsaturated/α-hetero) is 1. The number of ketones is 1. The number of rotatable bonds is 2. The summed E-state index contributed by atoms with van der Waals surface area (Å²) in [5.74, 6) is -1.38. The van der Waals surface area contributed by atoms with Crippen LogP contribution in [0.2, 0.25) is 5.02 Å². The van der Waals surface area contributed by atoms with Crippen LogP contribution in [0, 0.1) is 0 Å². The van der Waals surface area contributed by atoms with Gasteiger partial charge in [-0.25, -0.2) is 4.79 Å². The highest BCUT2D eigenvalue weighted by atomic mass is 35.5. The number of phenolic OH excluding ortho intramolecular Hbond substituents is 1. The predicted molar refractivity (Wildman–Crippen MR) is 101 cm³/mol. The van der Waals surface area contributed by atoms with Crippen LogP contribution in [0.15, 0.2) is 59.3 Å². The highest BCUT2D eigenvalue weighted by molar-refractivity contribution is 6.32. The average molecular weight is 382 g/mol. The number of carbonyl (C=O) groups is 2. The zero-order valence-electron chi connectivity index (χ0n) is 14.7. The number of ether oxygens (including phenoxy) is 1. The van der Waals surface area contributed by atoms with Crippen LogP contribution >= 0.6 is 11.6 Å². The van der Waals surface area contributed by atoms with Crippen LogP contribution in [-0.4, -0.2) is 24.0 Å². The molecule has 0 radical (unpaired) electrons. The van der Waals surface area contributed by atoms with Gasteiger partial charge < -0.3 is 15.2 Å². The maximum atomic E-state index is 13.2. The van der Waals surface area contributed by atoms with Crippen LogP contribution in [-0.2, 0) is 9.53 Å². The van der Waals surface area contributed by atoms with Gasteiger partial charge >= 0.3 is 5.97 Å². The number of methoxy groups -OCH3 is 1. The van der Waals surface area contributed by atoms with Crippen molar-refractivity contribution < 1.29 is 19.4 Å². The number of phenols is 1. The fraction of sp³-hybridized carbons (Fsp3) is 0.143. The SMILES string of the molecule is COC(=O)C1=C(C)NC2=C(C(=O)c3ccccc32)[C@H]1c1ccc(O)c(Cl)c1. The van der Waals surface area contributed by atoms with Gasteiger partial charge in [0.25, 0.3) is 0 Å². The minimum absolute atomic E-state index is 0.0649. The number of halogens is 1. The van der Waals surface area contributed by atoms with Crippen LogP contribution in [0.25, 0.3) is 5.70 Å². The van der Waals surface area contributed by atoms with Crippen LogP contribution in [0.3, 0.4) is 0 Å². The Bertz CT molecular complexity index is 1070. The first-order valence-electron chi connectivity index (χ1n) is 8.36. The van der Waals surface area contributed by atoms with Crippen LogP contribution in [0.4, 0.5) is 0 Å². The fourth-order valence-corrected chi connectivity index (χ4v) is 3.93. The Hall–Kier alpha value is -3.05. The van der Waals surface area contributed by atoms with Crippen molar-refractivity contribution in [2.45, 2.75) is 12.8 Å². The van der Waals surface area contributed by atoms with Gasteiger partial charge in [-0.15, -0.1) is 0 Å². The Morgan fingerprint density at radius 2 is 1.89 bits per heavy atom. The lowest BCUT2D eigenvalue weighted by Gasteiger charge is -2.29. The third-order valence-corrected chi connectivity index (χ3v) is 5.26. The Kier molecular flexibility index (Phi) is 4.04. The van der Waals surface area contributed by atoms with E-state index in [4.69, 9.17) is 16.3 Å². The van der Waals surface area contributed by atoms with Crippen molar-refractivity contribution in [3.8, 4) is 5.75 Å². The minimum atomic E-state index is -0.647. The quantitative estimate of drug-likeness (QED) is 0.774. The molecular formula is C21H16ClNO4. The summed E-state index contributed by atoms with van der Waals surface area (Å²) < 4.78 is 4.97. The number of benzene rings is 2. The monoisotopic (exact) mass is 381 g/mol. The van der Waals surface area contributed by atoms with Gasteiger partial charge in [-0.2, -0.15) is 0 Å². The highest BCUT2D eigenvalue weighted by Gasteiger charge is 2.42. The molecule has 4 rings (SSSR count). The minimum Gasteiger partial charge on any atom is -0.506 e. The summed E-state index contributed by atoms with van der Waals surface area (Å²) in [5.41, 5.74) is 4.14. The normalized spacial score (nSPS) is 18.2. The maximum absolute atomic E-state index is 13.2. The summed E-state index contributed by atoms with van der Waals surface area (Å²) in [6, 6.07) is 12.0. The molecule has 0 fully saturated rings. The predicted octanol–water partition coefficient (Wildman–Crippen LogP) is 3.79. The largest absolute Gasteiger partial charge is 0.506 e. The van der Waals surface area contributed by atoms with Gasteiger partial charge in [-0.05, 0) is 24.6 Å². The second-order valence-electron chi connectivity index (χ2n) is 6.46. The summed E-state index contributed by atoms with van der Waals surface area (Å²) in [4.78, 5) is 25.7. The lowest BCUT2D eigenvalue weighted by molar-refractivity contribution is -0.136. The molecule has 0 spiro atoms. The Morgan fingerprint density at radius 1 is 1.19 bits per heavy atom. The van der Waals surface area contributed by atoms with Crippen molar-refractivity contribution in [2.24, 2.45) is 0 Å². The summed E-state index contributed by atoms with van der Waals surface area (Å²) in [6.07, 6.45) is 0. The van der Waals surface area contributed by atoms with Crippen LogP contribution < -0.4 is 5.32 Å². The molecule has 0 bridgehead atoms. The first-order chi connectivity index (χ1) is 12.9. The smallest absolute Gasteiger partial charge is 0.336 e. The third-order valence-electron chi connectivity index (χ3n) is 4.96. The lowest BCUT2D eigenvalue weighted by atomic mass is 9.80. The first-order valence-corrected chi connectivity index (χ1v) is 8.74. The Morgan fingerprint density at radius 3 is 2.56 bits per heavy atom. The molecule has 1 atom stereocenters. The molecule has 1 aliphatic heterocycles. The maximum Gasteiger partial charge on any atom is 0.336 e. The highest BCUT2D eigenvalue weighted by Crippen LogP contribution is 2.47. The topological polar surface area (TPSA) is 75.6 Å². The van der Waals surface area contributed by atoms with Crippen molar-refractivity contribution >= 4 is 29.1 Å². The number of carbonyl (C=O) groups excluding carboxylic acids is 2. The molecule has 136 valence electrons. The third kappa shape index (κ3) is 2.54. The van der Waals surface area contributed by atoms with E-state index < -0.39 is 11.9 Å². The molecule has 1 heterocycles.